The van der Waals surface area contributed by atoms with Gasteiger partial charge in [-0.3, -0.25) is 4.79 Å². The first-order valence-corrected chi connectivity index (χ1v) is 12.3. The SMILES string of the molecule is CCCCCCCCCCCCc1cccc(C(=O)O)c1C(N)=O.CCN(CC)CC. The molecular weight excluding hydrogens is 388 g/mol. The van der Waals surface area contributed by atoms with Gasteiger partial charge in [0.1, 0.15) is 0 Å². The molecule has 1 aromatic carbocycles. The average Bonchev–Trinajstić information content (AvgIpc) is 2.76. The number of primary amides is 1. The third-order valence-corrected chi connectivity index (χ3v) is 5.77. The van der Waals surface area contributed by atoms with Gasteiger partial charge in [0.2, 0.25) is 5.91 Å². The fourth-order valence-corrected chi connectivity index (χ4v) is 3.75. The topological polar surface area (TPSA) is 83.6 Å². The lowest BCUT2D eigenvalue weighted by molar-refractivity contribution is 0.0692. The van der Waals surface area contributed by atoms with Gasteiger partial charge < -0.3 is 15.7 Å². The minimum atomic E-state index is -1.10. The summed E-state index contributed by atoms with van der Waals surface area (Å²) in [6.45, 7) is 12.4. The molecule has 0 bridgehead atoms. The van der Waals surface area contributed by atoms with Crippen LogP contribution < -0.4 is 5.73 Å². The van der Waals surface area contributed by atoms with Crippen molar-refractivity contribution in [3.8, 4) is 0 Å². The first-order valence-electron chi connectivity index (χ1n) is 12.3. The summed E-state index contributed by atoms with van der Waals surface area (Å²) in [5, 5.41) is 9.18. The molecule has 31 heavy (non-hydrogen) atoms. The number of carbonyl (C=O) groups excluding carboxylic acids is 1. The molecule has 0 fully saturated rings. The number of carboxylic acid groups (broad SMARTS) is 1. The summed E-state index contributed by atoms with van der Waals surface area (Å²) in [6, 6.07) is 4.92. The van der Waals surface area contributed by atoms with Crippen molar-refractivity contribution in [1.29, 1.82) is 0 Å². The Hall–Kier alpha value is -1.88. The Morgan fingerprint density at radius 2 is 1.29 bits per heavy atom. The van der Waals surface area contributed by atoms with Gasteiger partial charge in [0.05, 0.1) is 11.1 Å². The van der Waals surface area contributed by atoms with Crippen LogP contribution in [0.2, 0.25) is 0 Å². The number of carboxylic acids is 1. The van der Waals surface area contributed by atoms with E-state index >= 15 is 0 Å². The number of nitrogens with two attached hydrogens (primary N) is 1. The number of aromatic carboxylic acids is 1. The number of carbonyl (C=O) groups is 2. The number of amides is 1. The highest BCUT2D eigenvalue weighted by Crippen LogP contribution is 2.18. The predicted octanol–water partition coefficient (Wildman–Crippen LogP) is 6.30. The number of hydrogen-bond acceptors (Lipinski definition) is 3. The Labute approximate surface area is 190 Å². The number of benzene rings is 1. The van der Waals surface area contributed by atoms with Crippen molar-refractivity contribution in [1.82, 2.24) is 4.90 Å². The molecule has 0 saturated heterocycles. The van der Waals surface area contributed by atoms with Gasteiger partial charge in [-0.15, -0.1) is 0 Å². The minimum Gasteiger partial charge on any atom is -0.478 e. The molecule has 0 aliphatic heterocycles. The first kappa shape index (κ1) is 29.1. The Morgan fingerprint density at radius 1 is 0.806 bits per heavy atom. The zero-order chi connectivity index (χ0) is 23.5. The van der Waals surface area contributed by atoms with E-state index in [1.165, 1.54) is 77.1 Å². The molecule has 1 rings (SSSR count). The number of unbranched alkanes of at least 4 members (excludes halogenated alkanes) is 9. The largest absolute Gasteiger partial charge is 0.478 e. The van der Waals surface area contributed by atoms with E-state index in [-0.39, 0.29) is 11.1 Å². The fraction of sp³-hybridized carbons (Fsp3) is 0.692. The molecule has 0 saturated carbocycles. The third-order valence-electron chi connectivity index (χ3n) is 5.77. The summed E-state index contributed by atoms with van der Waals surface area (Å²) < 4.78 is 0. The lowest BCUT2D eigenvalue weighted by atomic mass is 9.95. The monoisotopic (exact) mass is 434 g/mol. The standard InChI is InChI=1S/C20H31NO3.C6H15N/c1-2-3-4-5-6-7-8-9-10-11-13-16-14-12-15-17(20(23)24)18(16)19(21)22;1-4-7(5-2)6-3/h12,14-15H,2-11,13H2,1H3,(H2,21,22)(H,23,24);4-6H2,1-3H3. The van der Waals surface area contributed by atoms with E-state index in [4.69, 9.17) is 5.73 Å². The van der Waals surface area contributed by atoms with Crippen molar-refractivity contribution in [2.45, 2.75) is 98.3 Å². The number of aryl methyl sites for hydroxylation is 1. The number of rotatable bonds is 16. The van der Waals surface area contributed by atoms with Crippen LogP contribution in [0.3, 0.4) is 0 Å². The Morgan fingerprint density at radius 3 is 1.68 bits per heavy atom. The van der Waals surface area contributed by atoms with Crippen molar-refractivity contribution in [2.24, 2.45) is 5.73 Å². The maximum Gasteiger partial charge on any atom is 0.336 e. The molecule has 0 radical (unpaired) electrons. The quantitative estimate of drug-likeness (QED) is 0.299. The molecule has 0 aromatic heterocycles. The summed E-state index contributed by atoms with van der Waals surface area (Å²) in [5.74, 6) is -1.76. The van der Waals surface area contributed by atoms with E-state index in [0.29, 0.717) is 6.42 Å². The third kappa shape index (κ3) is 13.2. The average molecular weight is 435 g/mol. The summed E-state index contributed by atoms with van der Waals surface area (Å²) in [6.07, 6.45) is 13.2. The van der Waals surface area contributed by atoms with Crippen LogP contribution in [0.25, 0.3) is 0 Å². The van der Waals surface area contributed by atoms with Gasteiger partial charge in [0, 0.05) is 0 Å². The van der Waals surface area contributed by atoms with Crippen LogP contribution in [-0.4, -0.2) is 41.5 Å². The van der Waals surface area contributed by atoms with Gasteiger partial charge in [-0.1, -0.05) is 97.6 Å². The number of nitrogens with zero attached hydrogens (tertiary/aromatic N) is 1. The molecule has 0 aliphatic carbocycles. The van der Waals surface area contributed by atoms with Crippen LogP contribution in [0.5, 0.6) is 0 Å². The molecule has 0 unspecified atom stereocenters. The van der Waals surface area contributed by atoms with E-state index in [1.807, 2.05) is 0 Å². The van der Waals surface area contributed by atoms with E-state index in [1.54, 1.807) is 12.1 Å². The van der Waals surface area contributed by atoms with Crippen LogP contribution in [0.4, 0.5) is 0 Å². The molecule has 0 atom stereocenters. The van der Waals surface area contributed by atoms with Gasteiger partial charge in [-0.2, -0.15) is 0 Å². The lowest BCUT2D eigenvalue weighted by Crippen LogP contribution is -2.21. The van der Waals surface area contributed by atoms with Gasteiger partial charge in [-0.25, -0.2) is 4.79 Å². The molecule has 0 aliphatic rings. The zero-order valence-corrected chi connectivity index (χ0v) is 20.4. The number of hydrogen-bond donors (Lipinski definition) is 2. The first-order chi connectivity index (χ1) is 14.9. The van der Waals surface area contributed by atoms with E-state index < -0.39 is 11.9 Å². The Bertz CT molecular complexity index is 607. The molecule has 1 amide bonds. The van der Waals surface area contributed by atoms with Crippen molar-refractivity contribution in [2.75, 3.05) is 19.6 Å². The van der Waals surface area contributed by atoms with Gasteiger partial charge in [0.15, 0.2) is 0 Å². The molecular formula is C26H46N2O3. The van der Waals surface area contributed by atoms with Crippen LogP contribution in [0.1, 0.15) is 118 Å². The predicted molar refractivity (Wildman–Crippen MR) is 131 cm³/mol. The highest BCUT2D eigenvalue weighted by atomic mass is 16.4. The second kappa shape index (κ2) is 18.9. The maximum atomic E-state index is 11.6. The zero-order valence-electron chi connectivity index (χ0n) is 20.4. The molecule has 0 spiro atoms. The highest BCUT2D eigenvalue weighted by molar-refractivity contribution is 6.05. The van der Waals surface area contributed by atoms with E-state index in [9.17, 15) is 14.7 Å². The Kier molecular flexibility index (Phi) is 17.7. The molecule has 0 heterocycles. The van der Waals surface area contributed by atoms with Crippen molar-refractivity contribution < 1.29 is 14.7 Å². The maximum absolute atomic E-state index is 11.6. The fourth-order valence-electron chi connectivity index (χ4n) is 3.75. The van der Waals surface area contributed by atoms with Gasteiger partial charge >= 0.3 is 5.97 Å². The van der Waals surface area contributed by atoms with Crippen LogP contribution in [-0.2, 0) is 6.42 Å². The molecule has 1 aromatic rings. The smallest absolute Gasteiger partial charge is 0.336 e. The van der Waals surface area contributed by atoms with E-state index in [2.05, 4.69) is 32.6 Å². The molecule has 5 nitrogen and oxygen atoms in total. The van der Waals surface area contributed by atoms with Crippen LogP contribution in [0.15, 0.2) is 18.2 Å². The second-order valence-electron chi connectivity index (χ2n) is 8.06. The van der Waals surface area contributed by atoms with Crippen LogP contribution in [0, 0.1) is 0 Å². The summed E-state index contributed by atoms with van der Waals surface area (Å²) in [4.78, 5) is 25.2. The van der Waals surface area contributed by atoms with Gasteiger partial charge in [0.25, 0.3) is 0 Å². The summed E-state index contributed by atoms with van der Waals surface area (Å²) in [5.41, 5.74) is 6.30. The van der Waals surface area contributed by atoms with Gasteiger partial charge in [-0.05, 0) is 44.1 Å². The molecule has 3 N–H and O–H groups in total. The summed E-state index contributed by atoms with van der Waals surface area (Å²) in [7, 11) is 0. The highest BCUT2D eigenvalue weighted by Gasteiger charge is 2.17. The second-order valence-corrected chi connectivity index (χ2v) is 8.06. The Balaban J connectivity index is 0.00000110. The van der Waals surface area contributed by atoms with Crippen LogP contribution >= 0.6 is 0 Å². The van der Waals surface area contributed by atoms with Crippen molar-refractivity contribution in [3.63, 3.8) is 0 Å². The minimum absolute atomic E-state index is 0.00655. The summed E-state index contributed by atoms with van der Waals surface area (Å²) >= 11 is 0. The van der Waals surface area contributed by atoms with Crippen molar-refractivity contribution in [3.05, 3.63) is 34.9 Å². The van der Waals surface area contributed by atoms with Crippen molar-refractivity contribution >= 4 is 11.9 Å². The normalized spacial score (nSPS) is 10.6. The van der Waals surface area contributed by atoms with E-state index in [0.717, 1.165) is 18.4 Å². The molecule has 5 heteroatoms. The molecule has 178 valence electrons. The lowest BCUT2D eigenvalue weighted by Gasteiger charge is -2.13.